The molecule has 4 heteroatoms. The number of carbonyl (C=O) groups excluding carboxylic acids is 1. The molecule has 56 valence electrons. The molecule has 1 unspecified atom stereocenters. The first-order valence-corrected chi connectivity index (χ1v) is 3.25. The summed E-state index contributed by atoms with van der Waals surface area (Å²) in [7, 11) is 0.297. The Hall–Kier alpha value is -0.765. The molecule has 0 rings (SSSR count). The molecule has 0 bridgehead atoms. The van der Waals surface area contributed by atoms with Crippen LogP contribution >= 0.6 is 0 Å². The molecule has 0 saturated carbocycles. The van der Waals surface area contributed by atoms with Crippen LogP contribution in [0.3, 0.4) is 0 Å². The van der Waals surface area contributed by atoms with Gasteiger partial charge in [-0.3, -0.25) is 4.79 Å². The first kappa shape index (κ1) is 9.23. The van der Waals surface area contributed by atoms with Crippen molar-refractivity contribution in [3.63, 3.8) is 0 Å². The summed E-state index contributed by atoms with van der Waals surface area (Å²) < 4.78 is 0. The molecule has 0 aromatic rings. The number of allylic oxidation sites excluding steroid dienone is 1. The predicted octanol–water partition coefficient (Wildman–Crippen LogP) is -0.463. The van der Waals surface area contributed by atoms with Crippen molar-refractivity contribution >= 4 is 13.3 Å². The molecule has 0 aliphatic heterocycles. The van der Waals surface area contributed by atoms with Gasteiger partial charge in [0.2, 0.25) is 13.3 Å². The second-order valence-corrected chi connectivity index (χ2v) is 2.22. The van der Waals surface area contributed by atoms with Crippen LogP contribution in [0.15, 0.2) is 11.6 Å². The number of rotatable bonds is 3. The fourth-order valence-corrected chi connectivity index (χ4v) is 0.728. The Morgan fingerprint density at radius 3 is 2.30 bits per heavy atom. The third-order valence-electron chi connectivity index (χ3n) is 1.58. The van der Waals surface area contributed by atoms with Crippen molar-refractivity contribution in [2.24, 2.45) is 11.4 Å². The van der Waals surface area contributed by atoms with Crippen LogP contribution < -0.4 is 11.4 Å². The van der Waals surface area contributed by atoms with Gasteiger partial charge in [0, 0.05) is 5.82 Å². The minimum atomic E-state index is -0.349. The third kappa shape index (κ3) is 2.23. The number of hydrogen-bond acceptors (Lipinski definition) is 2. The maximum Gasteiger partial charge on any atom is 0.218 e. The normalized spacial score (nSPS) is 14.5. The molecule has 0 spiro atoms. The Kier molecular flexibility index (Phi) is 3.80. The molecule has 0 radical (unpaired) electrons. The lowest BCUT2D eigenvalue weighted by Crippen LogP contribution is -2.28. The third-order valence-corrected chi connectivity index (χ3v) is 1.58. The summed E-state index contributed by atoms with van der Waals surface area (Å²) in [5.74, 6) is -0.636. The van der Waals surface area contributed by atoms with Crippen LogP contribution in [0, 0.1) is 0 Å². The molecule has 10 heavy (non-hydrogen) atoms. The van der Waals surface area contributed by atoms with Crippen LogP contribution in [-0.4, -0.2) is 13.3 Å². The van der Waals surface area contributed by atoms with Crippen LogP contribution in [0.2, 0.25) is 5.82 Å². The van der Waals surface area contributed by atoms with E-state index < -0.39 is 0 Å². The summed E-state index contributed by atoms with van der Waals surface area (Å²) in [4.78, 5) is 10.6. The molecule has 1 amide bonds. The van der Waals surface area contributed by atoms with Gasteiger partial charge in [-0.2, -0.15) is 0 Å². The highest BCUT2D eigenvalue weighted by Crippen LogP contribution is 2.12. The molecule has 0 saturated heterocycles. The van der Waals surface area contributed by atoms with Crippen molar-refractivity contribution in [1.82, 2.24) is 0 Å². The second kappa shape index (κ2) is 4.11. The van der Waals surface area contributed by atoms with Gasteiger partial charge in [-0.25, -0.2) is 0 Å². The lowest BCUT2D eigenvalue weighted by atomic mass is 9.72. The molecule has 0 aromatic carbocycles. The maximum absolute atomic E-state index is 10.6. The quantitative estimate of drug-likeness (QED) is 0.411. The smallest absolute Gasteiger partial charge is 0.218 e. The Morgan fingerprint density at radius 2 is 2.20 bits per heavy atom. The first-order valence-electron chi connectivity index (χ1n) is 3.25. The SMILES string of the molecule is CC=C(C)C(BN)C(N)=O. The zero-order valence-corrected chi connectivity index (χ0v) is 6.42. The van der Waals surface area contributed by atoms with Gasteiger partial charge in [-0.15, -0.1) is 0 Å². The number of carbonyl (C=O) groups is 1. The standard InChI is InChI=1S/C6H13BN2O/c1-3-4(2)5(7-9)6(8)10/h3,5,7H,9H2,1-2H3,(H2,8,10). The van der Waals surface area contributed by atoms with Gasteiger partial charge in [0.1, 0.15) is 0 Å². The largest absolute Gasteiger partial charge is 0.372 e. The van der Waals surface area contributed by atoms with Gasteiger partial charge in [-0.1, -0.05) is 11.6 Å². The fourth-order valence-electron chi connectivity index (χ4n) is 0.728. The molecular weight excluding hydrogens is 127 g/mol. The van der Waals surface area contributed by atoms with Crippen molar-refractivity contribution in [3.8, 4) is 0 Å². The van der Waals surface area contributed by atoms with Crippen LogP contribution in [0.1, 0.15) is 13.8 Å². The van der Waals surface area contributed by atoms with Gasteiger partial charge in [-0.05, 0) is 13.8 Å². The molecule has 0 aliphatic rings. The Bertz CT molecular complexity index is 156. The van der Waals surface area contributed by atoms with Crippen molar-refractivity contribution in [3.05, 3.63) is 11.6 Å². The topological polar surface area (TPSA) is 69.1 Å². The number of primary amides is 1. The number of nitrogens with two attached hydrogens (primary N) is 2. The van der Waals surface area contributed by atoms with E-state index in [4.69, 9.17) is 11.4 Å². The minimum absolute atomic E-state index is 0.287. The van der Waals surface area contributed by atoms with E-state index in [-0.39, 0.29) is 11.7 Å². The molecular formula is C6H13BN2O. The molecule has 1 atom stereocenters. The lowest BCUT2D eigenvalue weighted by molar-refractivity contribution is -0.117. The molecule has 0 heterocycles. The van der Waals surface area contributed by atoms with Crippen LogP contribution in [0.25, 0.3) is 0 Å². The van der Waals surface area contributed by atoms with E-state index in [9.17, 15) is 4.79 Å². The summed E-state index contributed by atoms with van der Waals surface area (Å²) >= 11 is 0. The van der Waals surface area contributed by atoms with Gasteiger partial charge < -0.3 is 11.4 Å². The summed E-state index contributed by atoms with van der Waals surface area (Å²) in [6.45, 7) is 3.71. The highest BCUT2D eigenvalue weighted by molar-refractivity contribution is 6.41. The first-order chi connectivity index (χ1) is 4.63. The van der Waals surface area contributed by atoms with E-state index in [0.717, 1.165) is 5.57 Å². The average molecular weight is 140 g/mol. The summed E-state index contributed by atoms with van der Waals surface area (Å²) in [6, 6.07) is 0. The maximum atomic E-state index is 10.6. The van der Waals surface area contributed by atoms with Crippen LogP contribution in [0.4, 0.5) is 0 Å². The van der Waals surface area contributed by atoms with E-state index >= 15 is 0 Å². The van der Waals surface area contributed by atoms with Gasteiger partial charge in [0.05, 0.1) is 0 Å². The van der Waals surface area contributed by atoms with Crippen LogP contribution in [0.5, 0.6) is 0 Å². The molecule has 0 aromatic heterocycles. The van der Waals surface area contributed by atoms with Gasteiger partial charge in [0.25, 0.3) is 0 Å². The average Bonchev–Trinajstić information content (AvgIpc) is 1.88. The summed E-state index contributed by atoms with van der Waals surface area (Å²) in [6.07, 6.45) is 1.85. The minimum Gasteiger partial charge on any atom is -0.372 e. The molecule has 3 nitrogen and oxygen atoms in total. The van der Waals surface area contributed by atoms with Crippen molar-refractivity contribution in [1.29, 1.82) is 0 Å². The lowest BCUT2D eigenvalue weighted by Gasteiger charge is -2.08. The summed E-state index contributed by atoms with van der Waals surface area (Å²) in [5, 5.41) is 0. The number of hydrogen-bond donors (Lipinski definition) is 2. The summed E-state index contributed by atoms with van der Waals surface area (Å²) in [5.41, 5.74) is 11.3. The van der Waals surface area contributed by atoms with Gasteiger partial charge in [0.15, 0.2) is 0 Å². The highest BCUT2D eigenvalue weighted by atomic mass is 16.1. The molecule has 4 N–H and O–H groups in total. The van der Waals surface area contributed by atoms with Crippen molar-refractivity contribution in [2.45, 2.75) is 19.7 Å². The fraction of sp³-hybridized carbons (Fsp3) is 0.500. The second-order valence-electron chi connectivity index (χ2n) is 2.22. The van der Waals surface area contributed by atoms with Crippen LogP contribution in [-0.2, 0) is 4.79 Å². The highest BCUT2D eigenvalue weighted by Gasteiger charge is 2.15. The zero-order chi connectivity index (χ0) is 8.15. The zero-order valence-electron chi connectivity index (χ0n) is 6.42. The van der Waals surface area contributed by atoms with Crippen molar-refractivity contribution in [2.75, 3.05) is 0 Å². The Balaban J connectivity index is 4.21. The van der Waals surface area contributed by atoms with E-state index in [1.807, 2.05) is 19.9 Å². The predicted molar refractivity (Wildman–Crippen MR) is 43.7 cm³/mol. The molecule has 0 fully saturated rings. The van der Waals surface area contributed by atoms with E-state index in [1.165, 1.54) is 0 Å². The Labute approximate surface area is 61.7 Å². The van der Waals surface area contributed by atoms with Gasteiger partial charge >= 0.3 is 0 Å². The Morgan fingerprint density at radius 1 is 1.70 bits per heavy atom. The van der Waals surface area contributed by atoms with E-state index in [1.54, 1.807) is 0 Å². The molecule has 0 aliphatic carbocycles. The monoisotopic (exact) mass is 140 g/mol. The number of amides is 1. The van der Waals surface area contributed by atoms with Crippen molar-refractivity contribution < 1.29 is 4.79 Å². The van der Waals surface area contributed by atoms with E-state index in [0.29, 0.717) is 7.41 Å². The van der Waals surface area contributed by atoms with E-state index in [2.05, 4.69) is 0 Å².